The number of piperidine rings is 1. The molecule has 2 rings (SSSR count). The molecule has 0 radical (unpaired) electrons. The Morgan fingerprint density at radius 2 is 2.06 bits per heavy atom. The van der Waals surface area contributed by atoms with Crippen LogP contribution in [-0.4, -0.2) is 34.0 Å². The maximum absolute atomic E-state index is 11.4. The van der Waals surface area contributed by atoms with Gasteiger partial charge in [0.15, 0.2) is 0 Å². The standard InChI is InChI=1S/C13H18N2O2/c1-10-5-6-11(9-14-10)12(13(16)17)15-7-3-2-4-8-15/h5-6,9,12H,2-4,7-8H2,1H3,(H,16,17). The van der Waals surface area contributed by atoms with Crippen molar-refractivity contribution in [1.82, 2.24) is 9.88 Å². The van der Waals surface area contributed by atoms with E-state index in [0.29, 0.717) is 0 Å². The molecule has 1 aromatic rings. The number of aryl methyl sites for hydroxylation is 1. The first-order valence-electron chi connectivity index (χ1n) is 6.08. The van der Waals surface area contributed by atoms with Crippen molar-refractivity contribution in [1.29, 1.82) is 0 Å². The van der Waals surface area contributed by atoms with E-state index in [1.165, 1.54) is 6.42 Å². The van der Waals surface area contributed by atoms with Crippen molar-refractivity contribution in [2.75, 3.05) is 13.1 Å². The zero-order valence-corrected chi connectivity index (χ0v) is 10.1. The molecule has 2 heterocycles. The maximum Gasteiger partial charge on any atom is 0.325 e. The van der Waals surface area contributed by atoms with Crippen LogP contribution in [0.2, 0.25) is 0 Å². The van der Waals surface area contributed by atoms with E-state index in [-0.39, 0.29) is 0 Å². The first-order valence-corrected chi connectivity index (χ1v) is 6.08. The van der Waals surface area contributed by atoms with Gasteiger partial charge in [0.1, 0.15) is 6.04 Å². The Morgan fingerprint density at radius 3 is 2.59 bits per heavy atom. The molecule has 1 aliphatic heterocycles. The van der Waals surface area contributed by atoms with Gasteiger partial charge in [0.2, 0.25) is 0 Å². The summed E-state index contributed by atoms with van der Waals surface area (Å²) in [5.41, 5.74) is 1.70. The van der Waals surface area contributed by atoms with Gasteiger partial charge in [-0.25, -0.2) is 0 Å². The first-order chi connectivity index (χ1) is 8.18. The number of nitrogens with zero attached hydrogens (tertiary/aromatic N) is 2. The lowest BCUT2D eigenvalue weighted by molar-refractivity contribution is -0.144. The van der Waals surface area contributed by atoms with E-state index in [1.807, 2.05) is 24.0 Å². The van der Waals surface area contributed by atoms with Crippen LogP contribution in [-0.2, 0) is 4.79 Å². The zero-order valence-electron chi connectivity index (χ0n) is 10.1. The van der Waals surface area contributed by atoms with Crippen molar-refractivity contribution in [3.8, 4) is 0 Å². The van der Waals surface area contributed by atoms with Crippen molar-refractivity contribution in [3.63, 3.8) is 0 Å². The molecule has 4 heteroatoms. The fourth-order valence-corrected chi connectivity index (χ4v) is 2.33. The van der Waals surface area contributed by atoms with Crippen LogP contribution < -0.4 is 0 Å². The summed E-state index contributed by atoms with van der Waals surface area (Å²) in [6.45, 7) is 3.64. The van der Waals surface area contributed by atoms with Crippen LogP contribution in [0, 0.1) is 6.92 Å². The Bertz CT molecular complexity index is 383. The lowest BCUT2D eigenvalue weighted by atomic mass is 10.0. The van der Waals surface area contributed by atoms with Crippen molar-refractivity contribution in [3.05, 3.63) is 29.6 Å². The summed E-state index contributed by atoms with van der Waals surface area (Å²) in [5, 5.41) is 9.38. The van der Waals surface area contributed by atoms with Gasteiger partial charge in [-0.2, -0.15) is 0 Å². The van der Waals surface area contributed by atoms with Crippen molar-refractivity contribution in [2.24, 2.45) is 0 Å². The minimum absolute atomic E-state index is 0.539. The summed E-state index contributed by atoms with van der Waals surface area (Å²) in [4.78, 5) is 17.6. The van der Waals surface area contributed by atoms with Gasteiger partial charge in [0.05, 0.1) is 0 Å². The smallest absolute Gasteiger partial charge is 0.325 e. The van der Waals surface area contributed by atoms with Gasteiger partial charge in [-0.1, -0.05) is 12.5 Å². The highest BCUT2D eigenvalue weighted by atomic mass is 16.4. The topological polar surface area (TPSA) is 53.4 Å². The highest BCUT2D eigenvalue weighted by molar-refractivity contribution is 5.75. The van der Waals surface area contributed by atoms with Gasteiger partial charge in [-0.05, 0) is 44.5 Å². The molecule has 1 N–H and O–H groups in total. The number of aromatic nitrogens is 1. The largest absolute Gasteiger partial charge is 0.480 e. The summed E-state index contributed by atoms with van der Waals surface area (Å²) in [7, 11) is 0. The second-order valence-corrected chi connectivity index (χ2v) is 4.57. The van der Waals surface area contributed by atoms with Crippen LogP contribution in [0.5, 0.6) is 0 Å². The monoisotopic (exact) mass is 234 g/mol. The number of carboxylic acid groups (broad SMARTS) is 1. The Labute approximate surface area is 101 Å². The lowest BCUT2D eigenvalue weighted by Crippen LogP contribution is -2.37. The van der Waals surface area contributed by atoms with Gasteiger partial charge in [-0.3, -0.25) is 14.7 Å². The van der Waals surface area contributed by atoms with Gasteiger partial charge < -0.3 is 5.11 Å². The van der Waals surface area contributed by atoms with E-state index in [4.69, 9.17) is 0 Å². The lowest BCUT2D eigenvalue weighted by Gasteiger charge is -2.32. The molecule has 0 amide bonds. The van der Waals surface area contributed by atoms with E-state index in [9.17, 15) is 9.90 Å². The maximum atomic E-state index is 11.4. The third kappa shape index (κ3) is 2.82. The molecule has 17 heavy (non-hydrogen) atoms. The molecule has 1 fully saturated rings. The van der Waals surface area contributed by atoms with Crippen LogP contribution in [0.1, 0.15) is 36.6 Å². The molecular weight excluding hydrogens is 216 g/mol. The molecule has 0 saturated carbocycles. The van der Waals surface area contributed by atoms with E-state index in [2.05, 4.69) is 4.98 Å². The predicted molar refractivity (Wildman–Crippen MR) is 64.8 cm³/mol. The quantitative estimate of drug-likeness (QED) is 0.869. The molecule has 1 aliphatic rings. The van der Waals surface area contributed by atoms with Crippen LogP contribution in [0.25, 0.3) is 0 Å². The number of pyridine rings is 1. The third-order valence-corrected chi connectivity index (χ3v) is 3.24. The highest BCUT2D eigenvalue weighted by Crippen LogP contribution is 2.24. The molecule has 0 aromatic carbocycles. The third-order valence-electron chi connectivity index (χ3n) is 3.24. The average Bonchev–Trinajstić information content (AvgIpc) is 2.33. The SMILES string of the molecule is Cc1ccc(C(C(=O)O)N2CCCCC2)cn1. The zero-order chi connectivity index (χ0) is 12.3. The van der Waals surface area contributed by atoms with E-state index in [1.54, 1.807) is 6.20 Å². The minimum Gasteiger partial charge on any atom is -0.480 e. The summed E-state index contributed by atoms with van der Waals surface area (Å²) in [6.07, 6.45) is 5.06. The molecule has 0 spiro atoms. The number of hydrogen-bond donors (Lipinski definition) is 1. The molecule has 4 nitrogen and oxygen atoms in total. The minimum atomic E-state index is -0.780. The van der Waals surface area contributed by atoms with Crippen molar-refractivity contribution in [2.45, 2.75) is 32.2 Å². The Morgan fingerprint density at radius 1 is 1.35 bits per heavy atom. The number of carboxylic acids is 1. The number of rotatable bonds is 3. The summed E-state index contributed by atoms with van der Waals surface area (Å²) in [5.74, 6) is -0.780. The fraction of sp³-hybridized carbons (Fsp3) is 0.538. The number of hydrogen-bond acceptors (Lipinski definition) is 3. The second kappa shape index (κ2) is 5.27. The first kappa shape index (κ1) is 12.0. The van der Waals surface area contributed by atoms with Gasteiger partial charge in [0, 0.05) is 11.9 Å². The molecule has 0 aliphatic carbocycles. The highest BCUT2D eigenvalue weighted by Gasteiger charge is 2.28. The number of carbonyl (C=O) groups is 1. The Hall–Kier alpha value is -1.42. The molecular formula is C13H18N2O2. The van der Waals surface area contributed by atoms with E-state index < -0.39 is 12.0 Å². The van der Waals surface area contributed by atoms with Crippen LogP contribution in [0.15, 0.2) is 18.3 Å². The van der Waals surface area contributed by atoms with E-state index >= 15 is 0 Å². The van der Waals surface area contributed by atoms with Crippen molar-refractivity contribution < 1.29 is 9.90 Å². The Kier molecular flexibility index (Phi) is 3.74. The summed E-state index contributed by atoms with van der Waals surface area (Å²) >= 11 is 0. The molecule has 1 saturated heterocycles. The van der Waals surface area contributed by atoms with Crippen LogP contribution in [0.3, 0.4) is 0 Å². The normalized spacial score (nSPS) is 18.9. The van der Waals surface area contributed by atoms with Crippen molar-refractivity contribution >= 4 is 5.97 Å². The molecule has 1 atom stereocenters. The summed E-state index contributed by atoms with van der Waals surface area (Å²) in [6, 6.07) is 3.20. The van der Waals surface area contributed by atoms with Gasteiger partial charge in [-0.15, -0.1) is 0 Å². The Balaban J connectivity index is 2.21. The molecule has 1 unspecified atom stereocenters. The van der Waals surface area contributed by atoms with Gasteiger partial charge in [0.25, 0.3) is 0 Å². The molecule has 92 valence electrons. The van der Waals surface area contributed by atoms with Gasteiger partial charge >= 0.3 is 5.97 Å². The average molecular weight is 234 g/mol. The number of likely N-dealkylation sites (tertiary alicyclic amines) is 1. The summed E-state index contributed by atoms with van der Waals surface area (Å²) < 4.78 is 0. The molecule has 0 bridgehead atoms. The second-order valence-electron chi connectivity index (χ2n) is 4.57. The molecule has 1 aromatic heterocycles. The van der Waals surface area contributed by atoms with Crippen LogP contribution >= 0.6 is 0 Å². The number of aliphatic carboxylic acids is 1. The van der Waals surface area contributed by atoms with E-state index in [0.717, 1.165) is 37.2 Å². The van der Waals surface area contributed by atoms with Crippen LogP contribution in [0.4, 0.5) is 0 Å². The fourth-order valence-electron chi connectivity index (χ4n) is 2.33. The predicted octanol–water partition coefficient (Wildman–Crippen LogP) is 2.00.